The third-order valence-electron chi connectivity index (χ3n) is 1.54. The predicted molar refractivity (Wildman–Crippen MR) is 44.5 cm³/mol. The van der Waals surface area contributed by atoms with Crippen molar-refractivity contribution in [2.24, 2.45) is 0 Å². The first-order valence-electron chi connectivity index (χ1n) is 3.62. The molecule has 1 rings (SSSR count). The second kappa shape index (κ2) is 3.88. The summed E-state index contributed by atoms with van der Waals surface area (Å²) >= 11 is 0. The first-order chi connectivity index (χ1) is 6.56. The normalized spacial score (nSPS) is 9.86. The van der Waals surface area contributed by atoms with Gasteiger partial charge in [0.1, 0.15) is 4.92 Å². The molecule has 0 aliphatic carbocycles. The van der Waals surface area contributed by atoms with Crippen LogP contribution in [0.25, 0.3) is 0 Å². The summed E-state index contributed by atoms with van der Waals surface area (Å²) in [6.07, 6.45) is 0. The second-order valence-electron chi connectivity index (χ2n) is 2.38. The van der Waals surface area contributed by atoms with E-state index in [2.05, 4.69) is 9.25 Å². The van der Waals surface area contributed by atoms with E-state index < -0.39 is 16.7 Å². The molecule has 0 bridgehead atoms. The van der Waals surface area contributed by atoms with E-state index in [0.29, 0.717) is 0 Å². The predicted octanol–water partition coefficient (Wildman–Crippen LogP) is 0.821. The van der Waals surface area contributed by atoms with Crippen LogP contribution in [0, 0.1) is 10.1 Å². The van der Waals surface area contributed by atoms with Crippen LogP contribution in [0.2, 0.25) is 0 Å². The van der Waals surface area contributed by atoms with E-state index in [1.807, 2.05) is 0 Å². The van der Waals surface area contributed by atoms with Crippen LogP contribution in [-0.2, 0) is 4.84 Å². The number of furan rings is 1. The highest BCUT2D eigenvalue weighted by Gasteiger charge is 2.19. The summed E-state index contributed by atoms with van der Waals surface area (Å²) < 4.78 is 4.66. The number of rotatable bonds is 3. The van der Waals surface area contributed by atoms with Crippen LogP contribution >= 0.6 is 0 Å². The molecule has 1 heterocycles. The fourth-order valence-electron chi connectivity index (χ4n) is 0.779. The zero-order valence-electron chi connectivity index (χ0n) is 7.59. The Morgan fingerprint density at radius 3 is 2.71 bits per heavy atom. The van der Waals surface area contributed by atoms with Gasteiger partial charge in [-0.05, 0) is 6.07 Å². The molecule has 0 aliphatic rings. The molecule has 0 atom stereocenters. The van der Waals surface area contributed by atoms with Crippen molar-refractivity contribution in [3.05, 3.63) is 28.0 Å². The highest BCUT2D eigenvalue weighted by atomic mass is 16.7. The Balaban J connectivity index is 2.87. The number of hydrogen-bond acceptors (Lipinski definition) is 5. The molecule has 0 unspecified atom stereocenters. The molecule has 7 heteroatoms. The topological polar surface area (TPSA) is 85.8 Å². The Hall–Kier alpha value is -1.89. The van der Waals surface area contributed by atoms with Crippen molar-refractivity contribution >= 4 is 11.8 Å². The summed E-state index contributed by atoms with van der Waals surface area (Å²) in [5.41, 5.74) is 0. The van der Waals surface area contributed by atoms with Gasteiger partial charge in [0.2, 0.25) is 5.76 Å². The minimum atomic E-state index is -0.719. The molecule has 14 heavy (non-hydrogen) atoms. The van der Waals surface area contributed by atoms with E-state index in [0.717, 1.165) is 11.1 Å². The van der Waals surface area contributed by atoms with Crippen molar-refractivity contribution in [2.75, 3.05) is 14.2 Å². The third-order valence-corrected chi connectivity index (χ3v) is 1.54. The van der Waals surface area contributed by atoms with Crippen molar-refractivity contribution < 1.29 is 19.0 Å². The number of amides is 1. The number of hydrogen-bond donors (Lipinski definition) is 0. The Bertz CT molecular complexity index is 359. The van der Waals surface area contributed by atoms with Gasteiger partial charge < -0.3 is 4.42 Å². The summed E-state index contributed by atoms with van der Waals surface area (Å²) in [5.74, 6) is -1.19. The van der Waals surface area contributed by atoms with Gasteiger partial charge in [-0.1, -0.05) is 0 Å². The van der Waals surface area contributed by atoms with Crippen LogP contribution in [0.4, 0.5) is 5.88 Å². The van der Waals surface area contributed by atoms with Gasteiger partial charge in [-0.3, -0.25) is 19.7 Å². The van der Waals surface area contributed by atoms with Crippen LogP contribution < -0.4 is 0 Å². The van der Waals surface area contributed by atoms with Crippen LogP contribution in [0.1, 0.15) is 10.6 Å². The van der Waals surface area contributed by atoms with E-state index in [-0.39, 0.29) is 5.76 Å². The lowest BCUT2D eigenvalue weighted by Crippen LogP contribution is -2.24. The van der Waals surface area contributed by atoms with Crippen LogP contribution in [0.5, 0.6) is 0 Å². The second-order valence-corrected chi connectivity index (χ2v) is 2.38. The largest absolute Gasteiger partial charge is 0.433 e. The van der Waals surface area contributed by atoms with Crippen molar-refractivity contribution in [3.63, 3.8) is 0 Å². The molecule has 0 fully saturated rings. The van der Waals surface area contributed by atoms with Crippen LogP contribution in [-0.4, -0.2) is 30.1 Å². The summed E-state index contributed by atoms with van der Waals surface area (Å²) in [7, 11) is 2.67. The SMILES string of the molecule is CON(C)C(=O)c1ccc([N+](=O)[O-])o1. The minimum absolute atomic E-state index is 0.138. The highest BCUT2D eigenvalue weighted by molar-refractivity contribution is 5.90. The first kappa shape index (κ1) is 10.2. The van der Waals surface area contributed by atoms with E-state index in [1.165, 1.54) is 20.2 Å². The van der Waals surface area contributed by atoms with Crippen molar-refractivity contribution in [2.45, 2.75) is 0 Å². The maximum atomic E-state index is 11.3. The number of hydroxylamine groups is 2. The number of carbonyl (C=O) groups excluding carboxylic acids is 1. The number of carbonyl (C=O) groups is 1. The van der Waals surface area contributed by atoms with Gasteiger partial charge in [0, 0.05) is 7.05 Å². The molecule has 76 valence electrons. The van der Waals surface area contributed by atoms with Gasteiger partial charge >= 0.3 is 11.8 Å². The quantitative estimate of drug-likeness (QED) is 0.532. The van der Waals surface area contributed by atoms with Crippen molar-refractivity contribution in [1.29, 1.82) is 0 Å². The average molecular weight is 200 g/mol. The molecular formula is C7H8N2O5. The average Bonchev–Trinajstić information content (AvgIpc) is 2.64. The zero-order chi connectivity index (χ0) is 10.7. The fourth-order valence-corrected chi connectivity index (χ4v) is 0.779. The molecule has 7 nitrogen and oxygen atoms in total. The number of nitrogens with zero attached hydrogens (tertiary/aromatic N) is 2. The van der Waals surface area contributed by atoms with Gasteiger partial charge in [-0.2, -0.15) is 0 Å². The lowest BCUT2D eigenvalue weighted by atomic mass is 10.4. The van der Waals surface area contributed by atoms with Crippen molar-refractivity contribution in [3.8, 4) is 0 Å². The first-order valence-corrected chi connectivity index (χ1v) is 3.62. The molecule has 0 radical (unpaired) electrons. The Kier molecular flexibility index (Phi) is 2.82. The van der Waals surface area contributed by atoms with E-state index in [9.17, 15) is 14.9 Å². The van der Waals surface area contributed by atoms with Gasteiger partial charge in [-0.15, -0.1) is 0 Å². The third kappa shape index (κ3) is 1.88. The summed E-state index contributed by atoms with van der Waals surface area (Å²) in [6, 6.07) is 2.33. The summed E-state index contributed by atoms with van der Waals surface area (Å²) in [4.78, 5) is 25.4. The van der Waals surface area contributed by atoms with Crippen molar-refractivity contribution in [1.82, 2.24) is 5.06 Å². The van der Waals surface area contributed by atoms with E-state index in [4.69, 9.17) is 0 Å². The molecular weight excluding hydrogens is 192 g/mol. The smallest absolute Gasteiger partial charge is 0.395 e. The molecule has 0 aliphatic heterocycles. The van der Waals surface area contributed by atoms with Gasteiger partial charge in [0.15, 0.2) is 0 Å². The molecule has 0 saturated carbocycles. The minimum Gasteiger partial charge on any atom is -0.395 e. The zero-order valence-corrected chi connectivity index (χ0v) is 7.59. The Morgan fingerprint density at radius 1 is 1.64 bits per heavy atom. The maximum absolute atomic E-state index is 11.3. The molecule has 0 saturated heterocycles. The van der Waals surface area contributed by atoms with E-state index >= 15 is 0 Å². The van der Waals surface area contributed by atoms with Gasteiger partial charge in [-0.25, -0.2) is 5.06 Å². The van der Waals surface area contributed by atoms with Gasteiger partial charge in [0.05, 0.1) is 13.2 Å². The van der Waals surface area contributed by atoms with Crippen LogP contribution in [0.15, 0.2) is 16.5 Å². The molecule has 1 aromatic rings. The monoisotopic (exact) mass is 200 g/mol. The maximum Gasteiger partial charge on any atom is 0.433 e. The molecule has 0 aromatic carbocycles. The number of nitro groups is 1. The lowest BCUT2D eigenvalue weighted by Gasteiger charge is -2.10. The Labute approximate surface area is 79.0 Å². The van der Waals surface area contributed by atoms with E-state index in [1.54, 1.807) is 0 Å². The van der Waals surface area contributed by atoms with Crippen LogP contribution in [0.3, 0.4) is 0 Å². The van der Waals surface area contributed by atoms with Gasteiger partial charge in [0.25, 0.3) is 0 Å². The molecule has 0 spiro atoms. The standard InChI is InChI=1S/C7H8N2O5/c1-8(13-2)7(10)5-3-4-6(14-5)9(11)12/h3-4H,1-2H3. The molecule has 0 N–H and O–H groups in total. The fraction of sp³-hybridized carbons (Fsp3) is 0.286. The lowest BCUT2D eigenvalue weighted by molar-refractivity contribution is -0.402. The highest BCUT2D eigenvalue weighted by Crippen LogP contribution is 2.16. The molecule has 1 amide bonds. The Morgan fingerprint density at radius 2 is 2.29 bits per heavy atom. The summed E-state index contributed by atoms with van der Waals surface area (Å²) in [5, 5.41) is 11.1. The molecule has 1 aromatic heterocycles. The summed E-state index contributed by atoms with van der Waals surface area (Å²) in [6.45, 7) is 0.